The lowest BCUT2D eigenvalue weighted by atomic mass is 10.0. The van der Waals surface area contributed by atoms with Crippen molar-refractivity contribution >= 4 is 17.9 Å². The van der Waals surface area contributed by atoms with Gasteiger partial charge < -0.3 is 4.74 Å². The maximum Gasteiger partial charge on any atom is 0.212 e. The molecule has 0 atom stereocenters. The Morgan fingerprint density at radius 1 is 1.29 bits per heavy atom. The summed E-state index contributed by atoms with van der Waals surface area (Å²) in [4.78, 5) is 15.1. The normalized spacial score (nSPS) is 10.0. The number of aldehydes is 1. The van der Waals surface area contributed by atoms with Gasteiger partial charge in [0.05, 0.1) is 7.11 Å². The molecule has 0 bridgehead atoms. The zero-order chi connectivity index (χ0) is 12.3. The van der Waals surface area contributed by atoms with E-state index in [2.05, 4.69) is 4.98 Å². The minimum absolute atomic E-state index is 0.537. The highest BCUT2D eigenvalue weighted by Gasteiger charge is 2.06. The lowest BCUT2D eigenvalue weighted by Crippen LogP contribution is -1.90. The van der Waals surface area contributed by atoms with E-state index in [0.717, 1.165) is 17.4 Å². The highest BCUT2D eigenvalue weighted by atomic mass is 35.5. The summed E-state index contributed by atoms with van der Waals surface area (Å²) < 4.78 is 4.98. The minimum Gasteiger partial charge on any atom is -0.481 e. The van der Waals surface area contributed by atoms with E-state index in [4.69, 9.17) is 16.3 Å². The lowest BCUT2D eigenvalue weighted by molar-refractivity contribution is 0.112. The van der Waals surface area contributed by atoms with E-state index in [1.54, 1.807) is 37.6 Å². The third kappa shape index (κ3) is 2.45. The second kappa shape index (κ2) is 4.97. The fraction of sp³-hybridized carbons (Fsp3) is 0.0769. The molecule has 0 N–H and O–H groups in total. The van der Waals surface area contributed by atoms with Crippen LogP contribution in [0.15, 0.2) is 36.5 Å². The average molecular weight is 248 g/mol. The van der Waals surface area contributed by atoms with Gasteiger partial charge >= 0.3 is 0 Å². The molecule has 0 amide bonds. The number of benzene rings is 1. The van der Waals surface area contributed by atoms with Crippen LogP contribution in [0.1, 0.15) is 10.4 Å². The number of halogens is 1. The van der Waals surface area contributed by atoms with Crippen molar-refractivity contribution < 1.29 is 9.53 Å². The Morgan fingerprint density at radius 2 is 2.12 bits per heavy atom. The molecule has 0 aliphatic rings. The monoisotopic (exact) mass is 247 g/mol. The van der Waals surface area contributed by atoms with Crippen molar-refractivity contribution in [3.63, 3.8) is 0 Å². The summed E-state index contributed by atoms with van der Waals surface area (Å²) in [6.45, 7) is 0. The first kappa shape index (κ1) is 11.6. The first-order chi connectivity index (χ1) is 8.24. The fourth-order valence-corrected chi connectivity index (χ4v) is 1.73. The molecule has 1 heterocycles. The zero-order valence-electron chi connectivity index (χ0n) is 9.18. The molecule has 0 aliphatic heterocycles. The van der Waals surface area contributed by atoms with Gasteiger partial charge in [-0.15, -0.1) is 0 Å². The molecule has 1 aromatic carbocycles. The first-order valence-corrected chi connectivity index (χ1v) is 5.37. The van der Waals surface area contributed by atoms with Crippen LogP contribution in [0.4, 0.5) is 0 Å². The van der Waals surface area contributed by atoms with Gasteiger partial charge in [-0.05, 0) is 23.8 Å². The van der Waals surface area contributed by atoms with Gasteiger partial charge in [0.1, 0.15) is 0 Å². The smallest absolute Gasteiger partial charge is 0.212 e. The lowest BCUT2D eigenvalue weighted by Gasteiger charge is -2.06. The molecule has 0 aliphatic carbocycles. The predicted octanol–water partition coefficient (Wildman–Crippen LogP) is 3.22. The maximum absolute atomic E-state index is 11.0. The van der Waals surface area contributed by atoms with Gasteiger partial charge in [0.25, 0.3) is 0 Å². The van der Waals surface area contributed by atoms with Crippen molar-refractivity contribution in [2.24, 2.45) is 0 Å². The van der Waals surface area contributed by atoms with Crippen LogP contribution < -0.4 is 4.74 Å². The van der Waals surface area contributed by atoms with Crippen molar-refractivity contribution in [2.45, 2.75) is 0 Å². The van der Waals surface area contributed by atoms with Crippen molar-refractivity contribution in [3.8, 4) is 17.0 Å². The number of hydrogen-bond donors (Lipinski definition) is 0. The molecule has 4 heteroatoms. The third-order valence-electron chi connectivity index (χ3n) is 2.40. The van der Waals surface area contributed by atoms with Crippen LogP contribution in [-0.4, -0.2) is 18.4 Å². The van der Waals surface area contributed by atoms with E-state index in [-0.39, 0.29) is 0 Å². The quantitative estimate of drug-likeness (QED) is 0.782. The van der Waals surface area contributed by atoms with E-state index in [1.165, 1.54) is 0 Å². The molecule has 86 valence electrons. The fourth-order valence-electron chi connectivity index (χ4n) is 1.55. The topological polar surface area (TPSA) is 39.2 Å². The van der Waals surface area contributed by atoms with Crippen LogP contribution in [0.5, 0.6) is 5.88 Å². The number of hydrogen-bond acceptors (Lipinski definition) is 3. The number of pyridine rings is 1. The van der Waals surface area contributed by atoms with Crippen LogP contribution in [-0.2, 0) is 0 Å². The van der Waals surface area contributed by atoms with Crippen molar-refractivity contribution in [3.05, 3.63) is 47.1 Å². The van der Waals surface area contributed by atoms with Gasteiger partial charge in [-0.2, -0.15) is 0 Å². The molecule has 2 rings (SSSR count). The molecule has 0 radical (unpaired) electrons. The van der Waals surface area contributed by atoms with Gasteiger partial charge in [0.2, 0.25) is 5.88 Å². The second-order valence-corrected chi connectivity index (χ2v) is 3.88. The largest absolute Gasteiger partial charge is 0.481 e. The summed E-state index contributed by atoms with van der Waals surface area (Å²) in [6, 6.07) is 8.78. The number of methoxy groups -OCH3 is 1. The number of carbonyl (C=O) groups excluding carboxylic acids is 1. The van der Waals surface area contributed by atoms with E-state index in [1.807, 2.05) is 6.07 Å². The van der Waals surface area contributed by atoms with Crippen LogP contribution in [0.25, 0.3) is 11.1 Å². The molecule has 1 aromatic heterocycles. The summed E-state index contributed by atoms with van der Waals surface area (Å²) in [5.41, 5.74) is 2.20. The summed E-state index contributed by atoms with van der Waals surface area (Å²) in [5.74, 6) is 0.537. The predicted molar refractivity (Wildman–Crippen MR) is 66.6 cm³/mol. The van der Waals surface area contributed by atoms with Gasteiger partial charge in [-0.25, -0.2) is 4.98 Å². The van der Waals surface area contributed by atoms with Crippen molar-refractivity contribution in [1.82, 2.24) is 4.98 Å². The zero-order valence-corrected chi connectivity index (χ0v) is 9.94. The van der Waals surface area contributed by atoms with Gasteiger partial charge in [-0.3, -0.25) is 4.79 Å². The molecule has 0 spiro atoms. The van der Waals surface area contributed by atoms with E-state index in [9.17, 15) is 4.79 Å². The standard InChI is InChI=1S/C13H10ClNO2/c1-17-13-5-2-9(7-15-13)12-4-3-11(14)6-10(12)8-16/h2-8H,1H3. The van der Waals surface area contributed by atoms with E-state index >= 15 is 0 Å². The highest BCUT2D eigenvalue weighted by Crippen LogP contribution is 2.25. The minimum atomic E-state index is 0.537. The number of aromatic nitrogens is 1. The molecule has 0 saturated carbocycles. The van der Waals surface area contributed by atoms with Crippen molar-refractivity contribution in [1.29, 1.82) is 0 Å². The molecule has 3 nitrogen and oxygen atoms in total. The number of rotatable bonds is 3. The average Bonchev–Trinajstić information content (AvgIpc) is 2.39. The van der Waals surface area contributed by atoms with Crippen LogP contribution in [0.3, 0.4) is 0 Å². The van der Waals surface area contributed by atoms with Crippen LogP contribution in [0, 0.1) is 0 Å². The van der Waals surface area contributed by atoms with Crippen LogP contribution in [0.2, 0.25) is 5.02 Å². The Morgan fingerprint density at radius 3 is 2.71 bits per heavy atom. The van der Waals surface area contributed by atoms with E-state index in [0.29, 0.717) is 16.5 Å². The molecule has 0 saturated heterocycles. The van der Waals surface area contributed by atoms with Crippen LogP contribution >= 0.6 is 11.6 Å². The Labute approximate surface area is 104 Å². The number of ether oxygens (including phenoxy) is 1. The van der Waals surface area contributed by atoms with Gasteiger partial charge in [-0.1, -0.05) is 17.7 Å². The highest BCUT2D eigenvalue weighted by molar-refractivity contribution is 6.31. The SMILES string of the molecule is COc1ccc(-c2ccc(Cl)cc2C=O)cn1. The van der Waals surface area contributed by atoms with Gasteiger partial charge in [0, 0.05) is 28.4 Å². The first-order valence-electron chi connectivity index (χ1n) is 4.99. The Hall–Kier alpha value is -1.87. The molecule has 0 fully saturated rings. The molecular weight excluding hydrogens is 238 g/mol. The molecule has 0 unspecified atom stereocenters. The summed E-state index contributed by atoms with van der Waals surface area (Å²) in [6.07, 6.45) is 2.44. The molecule has 2 aromatic rings. The van der Waals surface area contributed by atoms with Crippen molar-refractivity contribution in [2.75, 3.05) is 7.11 Å². The Kier molecular flexibility index (Phi) is 3.40. The Balaban J connectivity index is 2.48. The maximum atomic E-state index is 11.0. The summed E-state index contributed by atoms with van der Waals surface area (Å²) >= 11 is 5.84. The summed E-state index contributed by atoms with van der Waals surface area (Å²) in [7, 11) is 1.56. The summed E-state index contributed by atoms with van der Waals surface area (Å²) in [5, 5.41) is 0.539. The molecular formula is C13H10ClNO2. The number of carbonyl (C=O) groups is 1. The third-order valence-corrected chi connectivity index (χ3v) is 2.63. The Bertz CT molecular complexity index is 538. The van der Waals surface area contributed by atoms with Gasteiger partial charge in [0.15, 0.2) is 6.29 Å². The second-order valence-electron chi connectivity index (χ2n) is 3.44. The number of nitrogens with zero attached hydrogens (tertiary/aromatic N) is 1. The molecule has 17 heavy (non-hydrogen) atoms. The van der Waals surface area contributed by atoms with E-state index < -0.39 is 0 Å².